The van der Waals surface area contributed by atoms with Gasteiger partial charge in [0.1, 0.15) is 0 Å². The van der Waals surface area contributed by atoms with Crippen LogP contribution in [0.3, 0.4) is 0 Å². The van der Waals surface area contributed by atoms with E-state index in [1.807, 2.05) is 61.5 Å². The lowest BCUT2D eigenvalue weighted by Crippen LogP contribution is -2.23. The van der Waals surface area contributed by atoms with Gasteiger partial charge in [-0.1, -0.05) is 42.5 Å². The molecule has 1 aromatic heterocycles. The molecule has 24 heavy (non-hydrogen) atoms. The Balaban J connectivity index is 1.67. The summed E-state index contributed by atoms with van der Waals surface area (Å²) in [6, 6.07) is 19.6. The van der Waals surface area contributed by atoms with Crippen molar-refractivity contribution in [3.63, 3.8) is 0 Å². The van der Waals surface area contributed by atoms with Gasteiger partial charge in [-0.15, -0.1) is 0 Å². The van der Waals surface area contributed by atoms with Crippen LogP contribution in [0.15, 0.2) is 73.1 Å². The Kier molecular flexibility index (Phi) is 4.87. The van der Waals surface area contributed by atoms with E-state index in [4.69, 9.17) is 0 Å². The van der Waals surface area contributed by atoms with E-state index in [1.54, 1.807) is 18.5 Å². The average molecular weight is 317 g/mol. The van der Waals surface area contributed by atoms with E-state index in [2.05, 4.69) is 15.6 Å². The summed E-state index contributed by atoms with van der Waals surface area (Å²) in [5, 5.41) is 6.18. The van der Waals surface area contributed by atoms with Crippen LogP contribution in [0.5, 0.6) is 0 Å². The van der Waals surface area contributed by atoms with E-state index in [0.29, 0.717) is 12.1 Å². The number of para-hydroxylation sites is 1. The molecular formula is C20H19N3O. The number of carbonyl (C=O) groups excluding carboxylic acids is 1. The maximum absolute atomic E-state index is 12.4. The first-order chi connectivity index (χ1) is 11.7. The van der Waals surface area contributed by atoms with E-state index in [9.17, 15) is 4.79 Å². The summed E-state index contributed by atoms with van der Waals surface area (Å²) in [6.45, 7) is 2.54. The van der Waals surface area contributed by atoms with Crippen molar-refractivity contribution in [2.75, 3.05) is 5.32 Å². The lowest BCUT2D eigenvalue weighted by atomic mass is 10.1. The second-order valence-electron chi connectivity index (χ2n) is 5.56. The highest BCUT2D eigenvalue weighted by atomic mass is 16.1. The molecular weight excluding hydrogens is 298 g/mol. The third-order valence-electron chi connectivity index (χ3n) is 3.76. The van der Waals surface area contributed by atoms with Crippen molar-refractivity contribution in [3.05, 3.63) is 89.7 Å². The zero-order chi connectivity index (χ0) is 16.8. The molecule has 0 aliphatic heterocycles. The number of hydrogen-bond donors (Lipinski definition) is 2. The molecule has 3 aromatic rings. The number of nitrogens with one attached hydrogen (secondary N) is 2. The fraction of sp³-hybridized carbons (Fsp3) is 0.100. The number of amides is 1. The Morgan fingerprint density at radius 1 is 0.958 bits per heavy atom. The average Bonchev–Trinajstić information content (AvgIpc) is 2.62. The molecule has 4 heteroatoms. The molecule has 0 aliphatic rings. The van der Waals surface area contributed by atoms with Gasteiger partial charge in [-0.3, -0.25) is 9.78 Å². The normalized spacial score (nSPS) is 10.2. The second kappa shape index (κ2) is 7.42. The molecule has 120 valence electrons. The molecule has 4 nitrogen and oxygen atoms in total. The second-order valence-corrected chi connectivity index (χ2v) is 5.56. The van der Waals surface area contributed by atoms with Crippen LogP contribution in [-0.4, -0.2) is 10.9 Å². The quantitative estimate of drug-likeness (QED) is 0.746. The standard InChI is InChI=1S/C20H19N3O/c1-15-7-5-6-8-16(15)13-22-20(24)17-11-19(14-21-12-17)23-18-9-3-2-4-10-18/h2-12,14,23H,13H2,1H3,(H,22,24). The molecule has 0 unspecified atom stereocenters. The summed E-state index contributed by atoms with van der Waals surface area (Å²) >= 11 is 0. The van der Waals surface area contributed by atoms with Crippen molar-refractivity contribution in [2.45, 2.75) is 13.5 Å². The highest BCUT2D eigenvalue weighted by Crippen LogP contribution is 2.16. The molecule has 0 bridgehead atoms. The van der Waals surface area contributed by atoms with Crippen LogP contribution in [0.4, 0.5) is 11.4 Å². The van der Waals surface area contributed by atoms with Crippen LogP contribution in [0.1, 0.15) is 21.5 Å². The monoisotopic (exact) mass is 317 g/mol. The Labute approximate surface area is 141 Å². The van der Waals surface area contributed by atoms with Crippen molar-refractivity contribution in [3.8, 4) is 0 Å². The zero-order valence-corrected chi connectivity index (χ0v) is 13.5. The number of hydrogen-bond acceptors (Lipinski definition) is 3. The van der Waals surface area contributed by atoms with Crippen molar-refractivity contribution in [1.82, 2.24) is 10.3 Å². The minimum atomic E-state index is -0.137. The van der Waals surface area contributed by atoms with Gasteiger partial charge in [0.15, 0.2) is 0 Å². The molecule has 3 rings (SSSR count). The molecule has 2 aromatic carbocycles. The Morgan fingerprint density at radius 2 is 1.71 bits per heavy atom. The third-order valence-corrected chi connectivity index (χ3v) is 3.76. The predicted molar refractivity (Wildman–Crippen MR) is 96.3 cm³/mol. The first kappa shape index (κ1) is 15.7. The van der Waals surface area contributed by atoms with Crippen molar-refractivity contribution < 1.29 is 4.79 Å². The summed E-state index contributed by atoms with van der Waals surface area (Å²) in [6.07, 6.45) is 3.27. The maximum atomic E-state index is 12.4. The Morgan fingerprint density at radius 3 is 2.50 bits per heavy atom. The van der Waals surface area contributed by atoms with Gasteiger partial charge in [-0.25, -0.2) is 0 Å². The number of aryl methyl sites for hydroxylation is 1. The van der Waals surface area contributed by atoms with Crippen LogP contribution in [0.25, 0.3) is 0 Å². The topological polar surface area (TPSA) is 54.0 Å². The first-order valence-corrected chi connectivity index (χ1v) is 7.82. The minimum Gasteiger partial charge on any atom is -0.354 e. The summed E-state index contributed by atoms with van der Waals surface area (Å²) in [5.74, 6) is -0.137. The minimum absolute atomic E-state index is 0.137. The van der Waals surface area contributed by atoms with Crippen LogP contribution in [0, 0.1) is 6.92 Å². The molecule has 0 fully saturated rings. The number of carbonyl (C=O) groups is 1. The van der Waals surface area contributed by atoms with Gasteiger partial charge in [0, 0.05) is 18.4 Å². The third kappa shape index (κ3) is 3.98. The molecule has 0 saturated carbocycles. The fourth-order valence-corrected chi connectivity index (χ4v) is 2.41. The molecule has 0 saturated heterocycles. The van der Waals surface area contributed by atoms with E-state index in [-0.39, 0.29) is 5.91 Å². The number of pyridine rings is 1. The lowest BCUT2D eigenvalue weighted by Gasteiger charge is -2.10. The molecule has 1 amide bonds. The Hall–Kier alpha value is -3.14. The number of aromatic nitrogens is 1. The van der Waals surface area contributed by atoms with E-state index in [1.165, 1.54) is 0 Å². The molecule has 2 N–H and O–H groups in total. The van der Waals surface area contributed by atoms with Crippen LogP contribution < -0.4 is 10.6 Å². The largest absolute Gasteiger partial charge is 0.354 e. The van der Waals surface area contributed by atoms with Gasteiger partial charge in [0.2, 0.25) is 0 Å². The van der Waals surface area contributed by atoms with Gasteiger partial charge in [0.25, 0.3) is 5.91 Å². The summed E-state index contributed by atoms with van der Waals surface area (Å²) in [5.41, 5.74) is 4.54. The predicted octanol–water partition coefficient (Wildman–Crippen LogP) is 4.06. The Bertz CT molecular complexity index is 831. The van der Waals surface area contributed by atoms with Crippen molar-refractivity contribution in [2.24, 2.45) is 0 Å². The maximum Gasteiger partial charge on any atom is 0.253 e. The van der Waals surface area contributed by atoms with Crippen molar-refractivity contribution in [1.29, 1.82) is 0 Å². The lowest BCUT2D eigenvalue weighted by molar-refractivity contribution is 0.0950. The van der Waals surface area contributed by atoms with Gasteiger partial charge in [-0.2, -0.15) is 0 Å². The van der Waals surface area contributed by atoms with Gasteiger partial charge < -0.3 is 10.6 Å². The molecule has 0 spiro atoms. The summed E-state index contributed by atoms with van der Waals surface area (Å²) in [4.78, 5) is 16.5. The fourth-order valence-electron chi connectivity index (χ4n) is 2.41. The SMILES string of the molecule is Cc1ccccc1CNC(=O)c1cncc(Nc2ccccc2)c1. The smallest absolute Gasteiger partial charge is 0.253 e. The molecule has 0 atom stereocenters. The highest BCUT2D eigenvalue weighted by Gasteiger charge is 2.08. The zero-order valence-electron chi connectivity index (χ0n) is 13.5. The van der Waals surface area contributed by atoms with Gasteiger partial charge in [-0.05, 0) is 36.2 Å². The van der Waals surface area contributed by atoms with Gasteiger partial charge >= 0.3 is 0 Å². The van der Waals surface area contributed by atoms with Crippen molar-refractivity contribution >= 4 is 17.3 Å². The van der Waals surface area contributed by atoms with E-state index in [0.717, 1.165) is 22.5 Å². The van der Waals surface area contributed by atoms with Gasteiger partial charge in [0.05, 0.1) is 17.4 Å². The highest BCUT2D eigenvalue weighted by molar-refractivity contribution is 5.94. The summed E-state index contributed by atoms with van der Waals surface area (Å²) in [7, 11) is 0. The number of rotatable bonds is 5. The van der Waals surface area contributed by atoms with Crippen LogP contribution in [0.2, 0.25) is 0 Å². The molecule has 0 radical (unpaired) electrons. The van der Waals surface area contributed by atoms with Crippen LogP contribution in [-0.2, 0) is 6.54 Å². The molecule has 0 aliphatic carbocycles. The number of anilines is 2. The van der Waals surface area contributed by atoms with Crippen LogP contribution >= 0.6 is 0 Å². The first-order valence-electron chi connectivity index (χ1n) is 7.82. The van der Waals surface area contributed by atoms with E-state index >= 15 is 0 Å². The summed E-state index contributed by atoms with van der Waals surface area (Å²) < 4.78 is 0. The van der Waals surface area contributed by atoms with E-state index < -0.39 is 0 Å². The molecule has 1 heterocycles. The number of benzene rings is 2. The number of nitrogens with zero attached hydrogens (tertiary/aromatic N) is 1.